The molecule has 1 aromatic heterocycles. The monoisotopic (exact) mass is 295 g/mol. The van der Waals surface area contributed by atoms with E-state index in [4.69, 9.17) is 0 Å². The second-order valence-corrected chi connectivity index (χ2v) is 4.91. The Balaban J connectivity index is 2.45. The van der Waals surface area contributed by atoms with Gasteiger partial charge in [0.2, 0.25) is 0 Å². The lowest BCUT2D eigenvalue weighted by molar-refractivity contribution is 0.204. The van der Waals surface area contributed by atoms with Crippen LogP contribution in [-0.2, 0) is 7.05 Å². The molecule has 0 saturated carbocycles. The molecule has 0 radical (unpaired) electrons. The van der Waals surface area contributed by atoms with E-state index in [0.717, 1.165) is 21.2 Å². The Bertz CT molecular complexity index is 527. The van der Waals surface area contributed by atoms with Crippen molar-refractivity contribution in [2.24, 2.45) is 7.05 Å². The van der Waals surface area contributed by atoms with Crippen LogP contribution in [0.1, 0.15) is 28.6 Å². The number of aliphatic hydroxyl groups excluding tert-OH is 1. The molecular formula is C12H14BrN3O. The summed E-state index contributed by atoms with van der Waals surface area (Å²) >= 11 is 3.51. The molecule has 0 saturated heterocycles. The number of benzene rings is 1. The lowest BCUT2D eigenvalue weighted by Crippen LogP contribution is -2.08. The van der Waals surface area contributed by atoms with Crippen molar-refractivity contribution in [2.45, 2.75) is 20.0 Å². The van der Waals surface area contributed by atoms with Gasteiger partial charge in [0.1, 0.15) is 12.4 Å². The molecule has 1 aromatic carbocycles. The summed E-state index contributed by atoms with van der Waals surface area (Å²) in [5.41, 5.74) is 3.03. The number of rotatable bonds is 2. The number of nitrogens with zero attached hydrogens (tertiary/aromatic N) is 3. The summed E-state index contributed by atoms with van der Waals surface area (Å²) in [5, 5.41) is 14.2. The predicted molar refractivity (Wildman–Crippen MR) is 68.7 cm³/mol. The molecule has 2 aromatic rings. The first-order chi connectivity index (χ1) is 8.00. The van der Waals surface area contributed by atoms with Crippen LogP contribution >= 0.6 is 15.9 Å². The van der Waals surface area contributed by atoms with Gasteiger partial charge in [-0.25, -0.2) is 4.98 Å². The number of halogens is 1. The highest BCUT2D eigenvalue weighted by molar-refractivity contribution is 9.10. The number of hydrogen-bond donors (Lipinski definition) is 1. The normalized spacial score (nSPS) is 12.8. The fourth-order valence-electron chi connectivity index (χ4n) is 1.84. The van der Waals surface area contributed by atoms with Gasteiger partial charge in [-0.05, 0) is 30.5 Å². The van der Waals surface area contributed by atoms with Gasteiger partial charge in [-0.3, -0.25) is 4.68 Å². The van der Waals surface area contributed by atoms with E-state index in [0.29, 0.717) is 5.82 Å². The first-order valence-corrected chi connectivity index (χ1v) is 6.08. The van der Waals surface area contributed by atoms with Gasteiger partial charge in [0.25, 0.3) is 0 Å². The van der Waals surface area contributed by atoms with E-state index in [1.165, 1.54) is 6.33 Å². The standard InChI is InChI=1S/C12H14BrN3O/c1-7-4-9(5-8(2)10(7)13)11(17)12-14-6-15-16(12)3/h4-6,11,17H,1-3H3. The molecule has 17 heavy (non-hydrogen) atoms. The highest BCUT2D eigenvalue weighted by Crippen LogP contribution is 2.27. The first kappa shape index (κ1) is 12.3. The van der Waals surface area contributed by atoms with Crippen LogP contribution in [0.2, 0.25) is 0 Å². The average Bonchev–Trinajstić information content (AvgIpc) is 2.70. The van der Waals surface area contributed by atoms with E-state index >= 15 is 0 Å². The number of aliphatic hydroxyl groups is 1. The predicted octanol–water partition coefficient (Wildman–Crippen LogP) is 2.28. The first-order valence-electron chi connectivity index (χ1n) is 5.29. The van der Waals surface area contributed by atoms with Gasteiger partial charge in [0.15, 0.2) is 5.82 Å². The molecule has 1 heterocycles. The van der Waals surface area contributed by atoms with E-state index in [1.807, 2.05) is 26.0 Å². The average molecular weight is 296 g/mol. The van der Waals surface area contributed by atoms with Crippen LogP contribution in [-0.4, -0.2) is 19.9 Å². The third-order valence-corrected chi connectivity index (χ3v) is 4.02. The molecular weight excluding hydrogens is 282 g/mol. The molecule has 0 aliphatic carbocycles. The molecule has 4 nitrogen and oxygen atoms in total. The van der Waals surface area contributed by atoms with Gasteiger partial charge < -0.3 is 5.11 Å². The highest BCUT2D eigenvalue weighted by Gasteiger charge is 2.17. The van der Waals surface area contributed by atoms with Crippen molar-refractivity contribution in [3.63, 3.8) is 0 Å². The molecule has 0 bridgehead atoms. The van der Waals surface area contributed by atoms with Gasteiger partial charge >= 0.3 is 0 Å². The Morgan fingerprint density at radius 3 is 2.35 bits per heavy atom. The topological polar surface area (TPSA) is 50.9 Å². The zero-order valence-corrected chi connectivity index (χ0v) is 11.6. The van der Waals surface area contributed by atoms with Crippen molar-refractivity contribution in [1.29, 1.82) is 0 Å². The molecule has 0 aliphatic rings. The van der Waals surface area contributed by atoms with Crippen LogP contribution in [0.3, 0.4) is 0 Å². The maximum Gasteiger partial charge on any atom is 0.160 e. The molecule has 0 fully saturated rings. The Hall–Kier alpha value is -1.20. The SMILES string of the molecule is Cc1cc(C(O)c2ncnn2C)cc(C)c1Br. The number of aryl methyl sites for hydroxylation is 3. The molecule has 5 heteroatoms. The minimum atomic E-state index is -0.743. The summed E-state index contributed by atoms with van der Waals surface area (Å²) in [5.74, 6) is 0.547. The summed E-state index contributed by atoms with van der Waals surface area (Å²) in [7, 11) is 1.77. The second-order valence-electron chi connectivity index (χ2n) is 4.11. The number of hydrogen-bond acceptors (Lipinski definition) is 3. The Kier molecular flexibility index (Phi) is 3.31. The number of aromatic nitrogens is 3. The van der Waals surface area contributed by atoms with Gasteiger partial charge in [-0.15, -0.1) is 0 Å². The molecule has 1 atom stereocenters. The fraction of sp³-hybridized carbons (Fsp3) is 0.333. The minimum Gasteiger partial charge on any atom is -0.380 e. The van der Waals surface area contributed by atoms with Crippen LogP contribution < -0.4 is 0 Å². The molecule has 2 rings (SSSR count). The zero-order valence-electron chi connectivity index (χ0n) is 9.98. The van der Waals surface area contributed by atoms with Crippen LogP contribution in [0.25, 0.3) is 0 Å². The summed E-state index contributed by atoms with van der Waals surface area (Å²) < 4.78 is 2.66. The van der Waals surface area contributed by atoms with Crippen molar-refractivity contribution >= 4 is 15.9 Å². The molecule has 0 amide bonds. The summed E-state index contributed by atoms with van der Waals surface area (Å²) in [6, 6.07) is 3.91. The van der Waals surface area contributed by atoms with Gasteiger partial charge in [0, 0.05) is 11.5 Å². The van der Waals surface area contributed by atoms with Crippen molar-refractivity contribution in [1.82, 2.24) is 14.8 Å². The third-order valence-electron chi connectivity index (χ3n) is 2.77. The van der Waals surface area contributed by atoms with Crippen molar-refractivity contribution in [3.05, 3.63) is 45.4 Å². The summed E-state index contributed by atoms with van der Waals surface area (Å²) in [4.78, 5) is 4.06. The van der Waals surface area contributed by atoms with E-state index < -0.39 is 6.10 Å². The summed E-state index contributed by atoms with van der Waals surface area (Å²) in [6.45, 7) is 4.01. The highest BCUT2D eigenvalue weighted by atomic mass is 79.9. The minimum absolute atomic E-state index is 0.547. The maximum absolute atomic E-state index is 10.3. The van der Waals surface area contributed by atoms with Gasteiger partial charge in [0.05, 0.1) is 0 Å². The van der Waals surface area contributed by atoms with Gasteiger partial charge in [-0.2, -0.15) is 5.10 Å². The lowest BCUT2D eigenvalue weighted by atomic mass is 10.0. The zero-order chi connectivity index (χ0) is 12.6. The largest absolute Gasteiger partial charge is 0.380 e. The molecule has 0 spiro atoms. The van der Waals surface area contributed by atoms with Crippen LogP contribution in [0.15, 0.2) is 22.9 Å². The summed E-state index contributed by atoms with van der Waals surface area (Å²) in [6.07, 6.45) is 0.699. The molecule has 1 unspecified atom stereocenters. The lowest BCUT2D eigenvalue weighted by Gasteiger charge is -2.13. The van der Waals surface area contributed by atoms with E-state index in [-0.39, 0.29) is 0 Å². The smallest absolute Gasteiger partial charge is 0.160 e. The van der Waals surface area contributed by atoms with Crippen molar-refractivity contribution in [2.75, 3.05) is 0 Å². The van der Waals surface area contributed by atoms with Crippen LogP contribution in [0, 0.1) is 13.8 Å². The van der Waals surface area contributed by atoms with Crippen molar-refractivity contribution in [3.8, 4) is 0 Å². The third kappa shape index (κ3) is 2.25. The van der Waals surface area contributed by atoms with E-state index in [9.17, 15) is 5.11 Å². The quantitative estimate of drug-likeness (QED) is 0.925. The van der Waals surface area contributed by atoms with E-state index in [1.54, 1.807) is 11.7 Å². The Morgan fingerprint density at radius 1 is 1.29 bits per heavy atom. The van der Waals surface area contributed by atoms with Crippen molar-refractivity contribution < 1.29 is 5.11 Å². The second kappa shape index (κ2) is 4.58. The molecule has 90 valence electrons. The van der Waals surface area contributed by atoms with Crippen LogP contribution in [0.4, 0.5) is 0 Å². The molecule has 1 N–H and O–H groups in total. The maximum atomic E-state index is 10.3. The van der Waals surface area contributed by atoms with Gasteiger partial charge in [-0.1, -0.05) is 28.1 Å². The molecule has 0 aliphatic heterocycles. The van der Waals surface area contributed by atoms with Crippen LogP contribution in [0.5, 0.6) is 0 Å². The Morgan fingerprint density at radius 2 is 1.88 bits per heavy atom. The fourth-order valence-corrected chi connectivity index (χ4v) is 2.07. The van der Waals surface area contributed by atoms with E-state index in [2.05, 4.69) is 26.0 Å². The Labute approximate surface area is 108 Å².